The van der Waals surface area contributed by atoms with Crippen LogP contribution in [-0.4, -0.2) is 12.1 Å². The summed E-state index contributed by atoms with van der Waals surface area (Å²) in [4.78, 5) is 6.57. The molecule has 0 aliphatic heterocycles. The molecule has 0 radical (unpaired) electrons. The van der Waals surface area contributed by atoms with E-state index in [1.165, 1.54) is 15.3 Å². The molecule has 72 valence electrons. The van der Waals surface area contributed by atoms with Crippen molar-refractivity contribution in [3.05, 3.63) is 41.5 Å². The van der Waals surface area contributed by atoms with E-state index in [1.807, 2.05) is 12.3 Å². The zero-order valence-corrected chi connectivity index (χ0v) is 8.75. The summed E-state index contributed by atoms with van der Waals surface area (Å²) in [6.07, 6.45) is 3.66. The van der Waals surface area contributed by atoms with Gasteiger partial charge in [-0.3, -0.25) is 4.98 Å². The summed E-state index contributed by atoms with van der Waals surface area (Å²) >= 11 is 1.75. The number of hydrogen-bond acceptors (Lipinski definition) is 3. The van der Waals surface area contributed by atoms with Crippen LogP contribution < -0.4 is 0 Å². The highest BCUT2D eigenvalue weighted by Gasteiger charge is 2.01. The van der Waals surface area contributed by atoms with E-state index in [1.54, 1.807) is 24.6 Å². The number of ether oxygens (including phenoxy) is 1. The van der Waals surface area contributed by atoms with Gasteiger partial charge in [-0.25, -0.2) is 0 Å². The molecule has 2 nitrogen and oxygen atoms in total. The SMILES string of the molecule is COCc1ccc(-c2cccnc2)s1. The second-order valence-corrected chi connectivity index (χ2v) is 4.11. The van der Waals surface area contributed by atoms with Crippen molar-refractivity contribution in [3.8, 4) is 10.4 Å². The van der Waals surface area contributed by atoms with Crippen LogP contribution in [0.25, 0.3) is 10.4 Å². The maximum Gasteiger partial charge on any atom is 0.0805 e. The van der Waals surface area contributed by atoms with Gasteiger partial charge >= 0.3 is 0 Å². The van der Waals surface area contributed by atoms with Gasteiger partial charge in [-0.1, -0.05) is 6.07 Å². The van der Waals surface area contributed by atoms with E-state index in [0.717, 1.165) is 0 Å². The fourth-order valence-electron chi connectivity index (χ4n) is 1.26. The summed E-state index contributed by atoms with van der Waals surface area (Å²) in [6.45, 7) is 0.685. The predicted molar refractivity (Wildman–Crippen MR) is 58.3 cm³/mol. The van der Waals surface area contributed by atoms with Crippen LogP contribution in [0.5, 0.6) is 0 Å². The molecule has 0 fully saturated rings. The van der Waals surface area contributed by atoms with E-state index in [0.29, 0.717) is 6.61 Å². The van der Waals surface area contributed by atoms with Crippen LogP contribution in [0.3, 0.4) is 0 Å². The van der Waals surface area contributed by atoms with Crippen LogP contribution in [0.4, 0.5) is 0 Å². The van der Waals surface area contributed by atoms with Gasteiger partial charge in [0.05, 0.1) is 6.61 Å². The molecule has 0 N–H and O–H groups in total. The summed E-state index contributed by atoms with van der Waals surface area (Å²) in [7, 11) is 1.71. The quantitative estimate of drug-likeness (QED) is 0.768. The summed E-state index contributed by atoms with van der Waals surface area (Å²) in [6, 6.07) is 8.22. The number of hydrogen-bond donors (Lipinski definition) is 0. The second kappa shape index (κ2) is 4.35. The molecule has 0 aliphatic rings. The van der Waals surface area contributed by atoms with Crippen molar-refractivity contribution in [2.45, 2.75) is 6.61 Å². The van der Waals surface area contributed by atoms with Gasteiger partial charge in [-0.15, -0.1) is 11.3 Å². The van der Waals surface area contributed by atoms with Crippen LogP contribution in [0.2, 0.25) is 0 Å². The van der Waals surface area contributed by atoms with Crippen molar-refractivity contribution in [2.75, 3.05) is 7.11 Å². The molecule has 0 bridgehead atoms. The lowest BCUT2D eigenvalue weighted by atomic mass is 10.2. The molecule has 2 aromatic rings. The molecular formula is C11H11NOS. The molecule has 3 heteroatoms. The topological polar surface area (TPSA) is 22.1 Å². The first-order valence-corrected chi connectivity index (χ1v) is 5.20. The molecule has 2 aromatic heterocycles. The van der Waals surface area contributed by atoms with Gasteiger partial charge in [-0.05, 0) is 18.2 Å². The molecule has 0 saturated carbocycles. The fourth-order valence-corrected chi connectivity index (χ4v) is 2.23. The fraction of sp³-hybridized carbons (Fsp3) is 0.182. The average molecular weight is 205 g/mol. The third-order valence-corrected chi connectivity index (χ3v) is 3.00. The van der Waals surface area contributed by atoms with Crippen molar-refractivity contribution >= 4 is 11.3 Å². The molecule has 0 saturated heterocycles. The van der Waals surface area contributed by atoms with Crippen molar-refractivity contribution in [2.24, 2.45) is 0 Å². The van der Waals surface area contributed by atoms with Crippen molar-refractivity contribution in [1.82, 2.24) is 4.98 Å². The van der Waals surface area contributed by atoms with Crippen molar-refractivity contribution in [3.63, 3.8) is 0 Å². The molecular weight excluding hydrogens is 194 g/mol. The van der Waals surface area contributed by atoms with E-state index in [2.05, 4.69) is 23.2 Å². The maximum absolute atomic E-state index is 5.07. The Kier molecular flexibility index (Phi) is 2.91. The molecule has 0 aliphatic carbocycles. The molecule has 0 aromatic carbocycles. The lowest BCUT2D eigenvalue weighted by molar-refractivity contribution is 0.187. The van der Waals surface area contributed by atoms with Gasteiger partial charge in [0.2, 0.25) is 0 Å². The Balaban J connectivity index is 2.25. The van der Waals surface area contributed by atoms with Crippen LogP contribution in [-0.2, 0) is 11.3 Å². The van der Waals surface area contributed by atoms with Gasteiger partial charge in [0.1, 0.15) is 0 Å². The van der Waals surface area contributed by atoms with E-state index < -0.39 is 0 Å². The molecule has 0 unspecified atom stereocenters. The standard InChI is InChI=1S/C11H11NOS/c1-13-8-10-4-5-11(14-10)9-3-2-6-12-7-9/h2-7H,8H2,1H3. The van der Waals surface area contributed by atoms with E-state index in [4.69, 9.17) is 4.74 Å². The summed E-state index contributed by atoms with van der Waals surface area (Å²) in [5.74, 6) is 0. The number of nitrogens with zero attached hydrogens (tertiary/aromatic N) is 1. The maximum atomic E-state index is 5.07. The van der Waals surface area contributed by atoms with Gasteiger partial charge in [0.25, 0.3) is 0 Å². The predicted octanol–water partition coefficient (Wildman–Crippen LogP) is 2.96. The zero-order valence-electron chi connectivity index (χ0n) is 7.93. The Morgan fingerprint density at radius 3 is 3.00 bits per heavy atom. The third kappa shape index (κ3) is 2.00. The lowest BCUT2D eigenvalue weighted by Gasteiger charge is -1.94. The Bertz CT molecular complexity index is 397. The minimum absolute atomic E-state index is 0.685. The number of pyridine rings is 1. The summed E-state index contributed by atoms with van der Waals surface area (Å²) in [5.41, 5.74) is 1.17. The van der Waals surface area contributed by atoms with E-state index >= 15 is 0 Å². The lowest BCUT2D eigenvalue weighted by Crippen LogP contribution is -1.79. The van der Waals surface area contributed by atoms with E-state index in [9.17, 15) is 0 Å². The molecule has 2 rings (SSSR count). The smallest absolute Gasteiger partial charge is 0.0805 e. The van der Waals surface area contributed by atoms with Crippen LogP contribution in [0, 0.1) is 0 Å². The van der Waals surface area contributed by atoms with Gasteiger partial charge in [-0.2, -0.15) is 0 Å². The number of rotatable bonds is 3. The minimum Gasteiger partial charge on any atom is -0.379 e. The first-order chi connectivity index (χ1) is 6.90. The zero-order chi connectivity index (χ0) is 9.80. The Morgan fingerprint density at radius 2 is 2.29 bits per heavy atom. The number of thiophene rings is 1. The van der Waals surface area contributed by atoms with Crippen molar-refractivity contribution < 1.29 is 4.74 Å². The largest absolute Gasteiger partial charge is 0.379 e. The summed E-state index contributed by atoms with van der Waals surface area (Å²) < 4.78 is 5.07. The summed E-state index contributed by atoms with van der Waals surface area (Å²) in [5, 5.41) is 0. The highest BCUT2D eigenvalue weighted by atomic mass is 32.1. The molecule has 2 heterocycles. The van der Waals surface area contributed by atoms with Crippen LogP contribution in [0.1, 0.15) is 4.88 Å². The molecule has 0 amide bonds. The van der Waals surface area contributed by atoms with Crippen LogP contribution in [0.15, 0.2) is 36.7 Å². The van der Waals surface area contributed by atoms with Gasteiger partial charge < -0.3 is 4.74 Å². The normalized spacial score (nSPS) is 10.4. The molecule has 0 spiro atoms. The Morgan fingerprint density at radius 1 is 1.36 bits per heavy atom. The average Bonchev–Trinajstić information content (AvgIpc) is 2.68. The number of aromatic nitrogens is 1. The highest BCUT2D eigenvalue weighted by Crippen LogP contribution is 2.27. The minimum atomic E-state index is 0.685. The Hall–Kier alpha value is -1.19. The van der Waals surface area contributed by atoms with Gasteiger partial charge in [0.15, 0.2) is 0 Å². The Labute approximate surface area is 87.2 Å². The monoisotopic (exact) mass is 205 g/mol. The van der Waals surface area contributed by atoms with Crippen molar-refractivity contribution in [1.29, 1.82) is 0 Å². The number of methoxy groups -OCH3 is 1. The highest BCUT2D eigenvalue weighted by molar-refractivity contribution is 7.15. The van der Waals surface area contributed by atoms with Crippen LogP contribution >= 0.6 is 11.3 Å². The molecule has 14 heavy (non-hydrogen) atoms. The first-order valence-electron chi connectivity index (χ1n) is 4.38. The van der Waals surface area contributed by atoms with E-state index in [-0.39, 0.29) is 0 Å². The van der Waals surface area contributed by atoms with Gasteiger partial charge in [0, 0.05) is 34.8 Å². The molecule has 0 atom stereocenters. The third-order valence-electron chi connectivity index (χ3n) is 1.89. The first kappa shape index (κ1) is 9.37. The second-order valence-electron chi connectivity index (χ2n) is 2.94.